The smallest absolute Gasteiger partial charge is 0.309 e. The standard InChI is InChI=1S/C12H17N3O2/c1-7(2)12-14-9(5-11(16)17)8-3-4-13-6-10(8)15-12/h7,13H,3-6H2,1-2H3,(H,16,17). The van der Waals surface area contributed by atoms with Crippen LogP contribution in [0.2, 0.25) is 0 Å². The van der Waals surface area contributed by atoms with Gasteiger partial charge in [0, 0.05) is 12.5 Å². The van der Waals surface area contributed by atoms with Crippen molar-refractivity contribution in [3.63, 3.8) is 0 Å². The van der Waals surface area contributed by atoms with Crippen molar-refractivity contribution in [3.05, 3.63) is 22.8 Å². The Kier molecular flexibility index (Phi) is 3.38. The molecule has 0 aromatic carbocycles. The molecule has 0 radical (unpaired) electrons. The van der Waals surface area contributed by atoms with Crippen molar-refractivity contribution in [2.45, 2.75) is 39.2 Å². The van der Waals surface area contributed by atoms with Crippen LogP contribution in [-0.2, 0) is 24.2 Å². The predicted octanol–water partition coefficient (Wildman–Crippen LogP) is 0.873. The number of rotatable bonds is 3. The number of carboxylic acids is 1. The Morgan fingerprint density at radius 3 is 2.88 bits per heavy atom. The molecule has 0 saturated heterocycles. The van der Waals surface area contributed by atoms with Gasteiger partial charge in [0.1, 0.15) is 5.82 Å². The Morgan fingerprint density at radius 1 is 1.47 bits per heavy atom. The SMILES string of the molecule is CC(C)c1nc2c(c(CC(=O)O)n1)CCNC2. The lowest BCUT2D eigenvalue weighted by molar-refractivity contribution is -0.136. The van der Waals surface area contributed by atoms with Gasteiger partial charge in [0.15, 0.2) is 0 Å². The Hall–Kier alpha value is -1.49. The molecule has 1 aromatic heterocycles. The molecule has 5 heteroatoms. The van der Waals surface area contributed by atoms with Crippen LogP contribution in [-0.4, -0.2) is 27.6 Å². The third-order valence-corrected chi connectivity index (χ3v) is 2.88. The molecule has 0 spiro atoms. The maximum absolute atomic E-state index is 10.9. The van der Waals surface area contributed by atoms with Gasteiger partial charge in [-0.15, -0.1) is 0 Å². The van der Waals surface area contributed by atoms with Crippen LogP contribution in [0, 0.1) is 0 Å². The lowest BCUT2D eigenvalue weighted by atomic mass is 10.0. The van der Waals surface area contributed by atoms with E-state index in [0.29, 0.717) is 12.2 Å². The van der Waals surface area contributed by atoms with Gasteiger partial charge in [-0.2, -0.15) is 0 Å². The fraction of sp³-hybridized carbons (Fsp3) is 0.583. The number of aliphatic carboxylic acids is 1. The van der Waals surface area contributed by atoms with E-state index in [1.54, 1.807) is 0 Å². The Balaban J connectivity index is 2.46. The summed E-state index contributed by atoms with van der Waals surface area (Å²) in [6, 6.07) is 0. The van der Waals surface area contributed by atoms with Crippen molar-refractivity contribution in [2.75, 3.05) is 6.54 Å². The molecule has 5 nitrogen and oxygen atoms in total. The molecule has 0 aliphatic carbocycles. The third-order valence-electron chi connectivity index (χ3n) is 2.88. The van der Waals surface area contributed by atoms with Gasteiger partial charge in [0.2, 0.25) is 0 Å². The first kappa shape index (κ1) is 12.0. The summed E-state index contributed by atoms with van der Waals surface area (Å²) in [5.41, 5.74) is 2.68. The summed E-state index contributed by atoms with van der Waals surface area (Å²) in [6.07, 6.45) is 0.806. The van der Waals surface area contributed by atoms with E-state index in [-0.39, 0.29) is 12.3 Å². The second-order valence-corrected chi connectivity index (χ2v) is 4.61. The number of nitrogens with one attached hydrogen (secondary N) is 1. The summed E-state index contributed by atoms with van der Waals surface area (Å²) in [5, 5.41) is 12.2. The zero-order valence-corrected chi connectivity index (χ0v) is 10.2. The van der Waals surface area contributed by atoms with Crippen LogP contribution >= 0.6 is 0 Å². The van der Waals surface area contributed by atoms with Crippen LogP contribution < -0.4 is 5.32 Å². The number of hydrogen-bond donors (Lipinski definition) is 2. The Labute approximate surface area is 100 Å². The van der Waals surface area contributed by atoms with Crippen molar-refractivity contribution in [2.24, 2.45) is 0 Å². The summed E-state index contributed by atoms with van der Waals surface area (Å²) in [4.78, 5) is 19.8. The van der Waals surface area contributed by atoms with Gasteiger partial charge in [0.05, 0.1) is 17.8 Å². The van der Waals surface area contributed by atoms with Gasteiger partial charge in [-0.3, -0.25) is 4.79 Å². The fourth-order valence-corrected chi connectivity index (χ4v) is 2.01. The molecule has 0 amide bonds. The molecule has 2 rings (SSSR count). The minimum absolute atomic E-state index is 0.00935. The van der Waals surface area contributed by atoms with Crippen LogP contribution in [0.4, 0.5) is 0 Å². The number of carbonyl (C=O) groups is 1. The largest absolute Gasteiger partial charge is 0.481 e. The maximum atomic E-state index is 10.9. The molecule has 0 unspecified atom stereocenters. The average Bonchev–Trinajstić information content (AvgIpc) is 2.28. The van der Waals surface area contributed by atoms with Gasteiger partial charge >= 0.3 is 5.97 Å². The van der Waals surface area contributed by atoms with Crippen molar-refractivity contribution >= 4 is 5.97 Å². The van der Waals surface area contributed by atoms with Gasteiger partial charge in [0.25, 0.3) is 0 Å². The van der Waals surface area contributed by atoms with Crippen LogP contribution in [0.25, 0.3) is 0 Å². The molecule has 1 aliphatic rings. The average molecular weight is 235 g/mol. The lowest BCUT2D eigenvalue weighted by Crippen LogP contribution is -2.28. The lowest BCUT2D eigenvalue weighted by Gasteiger charge is -2.20. The van der Waals surface area contributed by atoms with E-state index >= 15 is 0 Å². The molecule has 0 fully saturated rings. The van der Waals surface area contributed by atoms with E-state index in [1.807, 2.05) is 13.8 Å². The van der Waals surface area contributed by atoms with Crippen molar-refractivity contribution in [1.82, 2.24) is 15.3 Å². The quantitative estimate of drug-likeness (QED) is 0.813. The molecule has 0 bridgehead atoms. The van der Waals surface area contributed by atoms with Crippen molar-refractivity contribution in [1.29, 1.82) is 0 Å². The molecule has 17 heavy (non-hydrogen) atoms. The third kappa shape index (κ3) is 2.61. The van der Waals surface area contributed by atoms with Gasteiger partial charge in [-0.25, -0.2) is 9.97 Å². The second kappa shape index (κ2) is 4.79. The fourth-order valence-electron chi connectivity index (χ4n) is 2.01. The van der Waals surface area contributed by atoms with Crippen LogP contribution in [0.5, 0.6) is 0 Å². The predicted molar refractivity (Wildman–Crippen MR) is 62.9 cm³/mol. The molecular formula is C12H17N3O2. The van der Waals surface area contributed by atoms with Crippen LogP contribution in [0.1, 0.15) is 42.5 Å². The van der Waals surface area contributed by atoms with Crippen LogP contribution in [0.15, 0.2) is 0 Å². The number of carboxylic acid groups (broad SMARTS) is 1. The van der Waals surface area contributed by atoms with E-state index in [0.717, 1.165) is 30.0 Å². The highest BCUT2D eigenvalue weighted by atomic mass is 16.4. The summed E-state index contributed by atoms with van der Waals surface area (Å²) in [5.74, 6) is 0.123. The highest BCUT2D eigenvalue weighted by Gasteiger charge is 2.19. The minimum Gasteiger partial charge on any atom is -0.481 e. The van der Waals surface area contributed by atoms with Gasteiger partial charge in [-0.1, -0.05) is 13.8 Å². The molecule has 1 aliphatic heterocycles. The molecule has 92 valence electrons. The van der Waals surface area contributed by atoms with Crippen LogP contribution in [0.3, 0.4) is 0 Å². The first-order valence-electron chi connectivity index (χ1n) is 5.89. The number of fused-ring (bicyclic) bond motifs is 1. The first-order valence-corrected chi connectivity index (χ1v) is 5.89. The Bertz CT molecular complexity index is 444. The molecule has 2 N–H and O–H groups in total. The monoisotopic (exact) mass is 235 g/mol. The summed E-state index contributed by atoms with van der Waals surface area (Å²) >= 11 is 0. The maximum Gasteiger partial charge on any atom is 0.309 e. The molecular weight excluding hydrogens is 218 g/mol. The van der Waals surface area contributed by atoms with E-state index < -0.39 is 5.97 Å². The molecule has 1 aromatic rings. The zero-order valence-electron chi connectivity index (χ0n) is 10.2. The van der Waals surface area contributed by atoms with Gasteiger partial charge < -0.3 is 10.4 Å². The second-order valence-electron chi connectivity index (χ2n) is 4.61. The van der Waals surface area contributed by atoms with E-state index in [9.17, 15) is 4.79 Å². The topological polar surface area (TPSA) is 75.1 Å². The van der Waals surface area contributed by atoms with E-state index in [2.05, 4.69) is 15.3 Å². The molecule has 0 saturated carbocycles. The zero-order chi connectivity index (χ0) is 12.4. The highest BCUT2D eigenvalue weighted by Crippen LogP contribution is 2.19. The Morgan fingerprint density at radius 2 is 2.24 bits per heavy atom. The number of aromatic nitrogens is 2. The van der Waals surface area contributed by atoms with E-state index in [1.165, 1.54) is 0 Å². The first-order chi connectivity index (χ1) is 8.08. The number of nitrogens with zero attached hydrogens (tertiary/aromatic N) is 2. The van der Waals surface area contributed by atoms with Crippen molar-refractivity contribution in [3.8, 4) is 0 Å². The normalized spacial score (nSPS) is 14.8. The van der Waals surface area contributed by atoms with E-state index in [4.69, 9.17) is 5.11 Å². The molecule has 0 atom stereocenters. The van der Waals surface area contributed by atoms with Gasteiger partial charge in [-0.05, 0) is 18.5 Å². The summed E-state index contributed by atoms with van der Waals surface area (Å²) < 4.78 is 0. The van der Waals surface area contributed by atoms with Crippen molar-refractivity contribution < 1.29 is 9.90 Å². The molecule has 2 heterocycles. The number of hydrogen-bond acceptors (Lipinski definition) is 4. The highest BCUT2D eigenvalue weighted by molar-refractivity contribution is 5.70. The summed E-state index contributed by atoms with van der Waals surface area (Å²) in [7, 11) is 0. The minimum atomic E-state index is -0.834. The summed E-state index contributed by atoms with van der Waals surface area (Å²) in [6.45, 7) is 5.61.